The van der Waals surface area contributed by atoms with Crippen molar-refractivity contribution in [1.82, 2.24) is 5.43 Å². The van der Waals surface area contributed by atoms with Crippen LogP contribution in [0.15, 0.2) is 46.0 Å². The van der Waals surface area contributed by atoms with Gasteiger partial charge in [0.1, 0.15) is 5.75 Å². The van der Waals surface area contributed by atoms with Crippen LogP contribution >= 0.6 is 39.1 Å². The van der Waals surface area contributed by atoms with Gasteiger partial charge in [-0.05, 0) is 36.4 Å². The number of phenols is 1. The second kappa shape index (κ2) is 8.14. The lowest BCUT2D eigenvalue weighted by molar-refractivity contribution is -0.136. The molecule has 0 radical (unpaired) electrons. The van der Waals surface area contributed by atoms with E-state index in [0.29, 0.717) is 10.6 Å². The highest BCUT2D eigenvalue weighted by atomic mass is 79.9. The molecule has 124 valence electrons. The Labute approximate surface area is 155 Å². The predicted molar refractivity (Wildman–Crippen MR) is 96.6 cm³/mol. The lowest BCUT2D eigenvalue weighted by Crippen LogP contribution is -2.32. The molecule has 2 aromatic carbocycles. The first-order valence-electron chi connectivity index (χ1n) is 6.45. The zero-order chi connectivity index (χ0) is 17.7. The molecule has 2 amide bonds. The summed E-state index contributed by atoms with van der Waals surface area (Å²) in [4.78, 5) is 23.5. The molecule has 9 heteroatoms. The largest absolute Gasteiger partial charge is 0.507 e. The Morgan fingerprint density at radius 2 is 1.88 bits per heavy atom. The van der Waals surface area contributed by atoms with Crippen LogP contribution in [-0.2, 0) is 9.59 Å². The molecule has 0 aliphatic heterocycles. The van der Waals surface area contributed by atoms with Crippen LogP contribution in [0, 0.1) is 0 Å². The van der Waals surface area contributed by atoms with Crippen molar-refractivity contribution in [2.24, 2.45) is 5.10 Å². The number of carbonyl (C=O) groups excluding carboxylic acids is 2. The number of hydrazone groups is 1. The van der Waals surface area contributed by atoms with Crippen molar-refractivity contribution in [2.45, 2.75) is 0 Å². The molecule has 0 fully saturated rings. The van der Waals surface area contributed by atoms with Crippen LogP contribution in [0.4, 0.5) is 5.69 Å². The maximum Gasteiger partial charge on any atom is 0.329 e. The van der Waals surface area contributed by atoms with E-state index in [2.05, 4.69) is 26.3 Å². The summed E-state index contributed by atoms with van der Waals surface area (Å²) in [7, 11) is 0. The molecule has 6 nitrogen and oxygen atoms in total. The third-order valence-corrected chi connectivity index (χ3v) is 3.80. The van der Waals surface area contributed by atoms with Crippen molar-refractivity contribution >= 4 is 62.8 Å². The summed E-state index contributed by atoms with van der Waals surface area (Å²) in [5.41, 5.74) is 2.62. The number of hydrogen-bond donors (Lipinski definition) is 3. The predicted octanol–water partition coefficient (Wildman–Crippen LogP) is 3.55. The van der Waals surface area contributed by atoms with E-state index < -0.39 is 11.8 Å². The summed E-state index contributed by atoms with van der Waals surface area (Å²) in [5, 5.41) is 16.2. The fourth-order valence-corrected chi connectivity index (χ4v) is 2.33. The fourth-order valence-electron chi connectivity index (χ4n) is 1.61. The second-order valence-corrected chi connectivity index (χ2v) is 6.24. The van der Waals surface area contributed by atoms with Crippen molar-refractivity contribution in [2.75, 3.05) is 5.32 Å². The number of benzene rings is 2. The Morgan fingerprint density at radius 3 is 2.62 bits per heavy atom. The van der Waals surface area contributed by atoms with Gasteiger partial charge in [0.2, 0.25) is 0 Å². The third kappa shape index (κ3) is 4.95. The molecule has 2 aromatic rings. The van der Waals surface area contributed by atoms with Crippen LogP contribution in [0.2, 0.25) is 10.0 Å². The number of rotatable bonds is 3. The molecule has 0 aromatic heterocycles. The van der Waals surface area contributed by atoms with Crippen molar-refractivity contribution in [1.29, 1.82) is 0 Å². The molecule has 0 bridgehead atoms. The summed E-state index contributed by atoms with van der Waals surface area (Å²) >= 11 is 14.9. The van der Waals surface area contributed by atoms with Crippen molar-refractivity contribution in [3.8, 4) is 5.75 Å². The van der Waals surface area contributed by atoms with Crippen molar-refractivity contribution < 1.29 is 14.7 Å². The monoisotopic (exact) mass is 429 g/mol. The van der Waals surface area contributed by atoms with Gasteiger partial charge in [0, 0.05) is 15.1 Å². The highest BCUT2D eigenvalue weighted by Crippen LogP contribution is 2.25. The summed E-state index contributed by atoms with van der Waals surface area (Å²) in [6.45, 7) is 0. The number of aromatic hydroxyl groups is 1. The number of amides is 2. The average Bonchev–Trinajstić information content (AvgIpc) is 2.54. The number of halogens is 3. The van der Waals surface area contributed by atoms with Crippen molar-refractivity contribution in [3.05, 3.63) is 56.5 Å². The molecule has 2 rings (SSSR count). The highest BCUT2D eigenvalue weighted by molar-refractivity contribution is 9.10. The number of phenolic OH excluding ortho intramolecular Hbond substituents is 1. The summed E-state index contributed by atoms with van der Waals surface area (Å²) in [6, 6.07) is 9.16. The average molecular weight is 431 g/mol. The van der Waals surface area contributed by atoms with Gasteiger partial charge in [-0.3, -0.25) is 9.59 Å². The molecule has 0 unspecified atom stereocenters. The molecule has 0 saturated heterocycles. The van der Waals surface area contributed by atoms with E-state index in [1.54, 1.807) is 18.2 Å². The lowest BCUT2D eigenvalue weighted by atomic mass is 10.2. The van der Waals surface area contributed by atoms with Gasteiger partial charge in [0.25, 0.3) is 0 Å². The van der Waals surface area contributed by atoms with Gasteiger partial charge < -0.3 is 10.4 Å². The summed E-state index contributed by atoms with van der Waals surface area (Å²) < 4.78 is 0.724. The number of hydrogen-bond acceptors (Lipinski definition) is 4. The van der Waals surface area contributed by atoms with E-state index in [1.165, 1.54) is 24.4 Å². The van der Waals surface area contributed by atoms with Gasteiger partial charge >= 0.3 is 11.8 Å². The first-order valence-corrected chi connectivity index (χ1v) is 7.99. The molecule has 0 atom stereocenters. The second-order valence-electron chi connectivity index (χ2n) is 4.48. The van der Waals surface area contributed by atoms with Gasteiger partial charge in [0.15, 0.2) is 0 Å². The van der Waals surface area contributed by atoms with Crippen LogP contribution in [0.1, 0.15) is 5.56 Å². The Morgan fingerprint density at radius 1 is 1.12 bits per heavy atom. The van der Waals surface area contributed by atoms with Crippen LogP contribution in [0.3, 0.4) is 0 Å². The van der Waals surface area contributed by atoms with E-state index in [1.807, 2.05) is 5.43 Å². The number of nitrogens with zero attached hydrogens (tertiary/aromatic N) is 1. The molecule has 3 N–H and O–H groups in total. The molecule has 0 aliphatic carbocycles. The van der Waals surface area contributed by atoms with Gasteiger partial charge in [-0.1, -0.05) is 39.1 Å². The summed E-state index contributed by atoms with van der Waals surface area (Å²) in [6.07, 6.45) is 1.21. The number of anilines is 1. The minimum Gasteiger partial charge on any atom is -0.507 e. The molecule has 0 heterocycles. The zero-order valence-corrected chi connectivity index (χ0v) is 15.0. The SMILES string of the molecule is O=C(NN=Cc1cc(Br)ccc1O)C(=O)Nc1cc(Cl)ccc1Cl. The smallest absolute Gasteiger partial charge is 0.329 e. The van der Waals surface area contributed by atoms with Gasteiger partial charge in [-0.15, -0.1) is 0 Å². The topological polar surface area (TPSA) is 90.8 Å². The van der Waals surface area contributed by atoms with E-state index >= 15 is 0 Å². The highest BCUT2D eigenvalue weighted by Gasteiger charge is 2.14. The maximum atomic E-state index is 11.8. The minimum absolute atomic E-state index is 0.0219. The van der Waals surface area contributed by atoms with Crippen LogP contribution in [0.5, 0.6) is 5.75 Å². The van der Waals surface area contributed by atoms with Gasteiger partial charge in [0.05, 0.1) is 16.9 Å². The first kappa shape index (κ1) is 18.3. The molecular weight excluding hydrogens is 421 g/mol. The Kier molecular flexibility index (Phi) is 6.19. The minimum atomic E-state index is -1.00. The van der Waals surface area contributed by atoms with E-state index in [4.69, 9.17) is 23.2 Å². The molecule has 0 aliphatic rings. The van der Waals surface area contributed by atoms with Crippen LogP contribution < -0.4 is 10.7 Å². The molecule has 0 saturated carbocycles. The third-order valence-electron chi connectivity index (χ3n) is 2.74. The zero-order valence-electron chi connectivity index (χ0n) is 11.9. The van der Waals surface area contributed by atoms with Crippen LogP contribution in [0.25, 0.3) is 0 Å². The molecule has 0 spiro atoms. The molecular formula is C15H10BrCl2N3O3. The van der Waals surface area contributed by atoms with Crippen molar-refractivity contribution in [3.63, 3.8) is 0 Å². The van der Waals surface area contributed by atoms with E-state index in [-0.39, 0.29) is 16.5 Å². The number of carbonyl (C=O) groups is 2. The van der Waals surface area contributed by atoms with E-state index in [0.717, 1.165) is 4.47 Å². The van der Waals surface area contributed by atoms with Gasteiger partial charge in [-0.2, -0.15) is 5.10 Å². The first-order chi connectivity index (χ1) is 11.4. The fraction of sp³-hybridized carbons (Fsp3) is 0. The Bertz CT molecular complexity index is 828. The van der Waals surface area contributed by atoms with E-state index in [9.17, 15) is 14.7 Å². The standard InChI is InChI=1S/C15H10BrCl2N3O3/c16-9-1-4-13(22)8(5-9)7-19-21-15(24)14(23)20-12-6-10(17)2-3-11(12)18/h1-7,22H,(H,20,23)(H,21,24). The molecule has 24 heavy (non-hydrogen) atoms. The maximum absolute atomic E-state index is 11.8. The van der Waals surface area contributed by atoms with Crippen LogP contribution in [-0.4, -0.2) is 23.1 Å². The quantitative estimate of drug-likeness (QED) is 0.395. The lowest BCUT2D eigenvalue weighted by Gasteiger charge is -2.06. The number of nitrogens with one attached hydrogen (secondary N) is 2. The summed E-state index contributed by atoms with van der Waals surface area (Å²) in [5.74, 6) is -1.99. The Hall–Kier alpha value is -2.09. The normalized spacial score (nSPS) is 10.6. The Balaban J connectivity index is 1.99. The van der Waals surface area contributed by atoms with Gasteiger partial charge in [-0.25, -0.2) is 5.43 Å².